The number of anilines is 3. The monoisotopic (exact) mass is 895 g/mol. The largest absolute Gasteiger partial charge is 0.383 e. The van der Waals surface area contributed by atoms with Gasteiger partial charge in [-0.05, 0) is 73.6 Å². The Morgan fingerprint density at radius 2 is 1.72 bits per heavy atom. The second-order valence-electron chi connectivity index (χ2n) is 17.1. The summed E-state index contributed by atoms with van der Waals surface area (Å²) in [6, 6.07) is 6.99. The minimum Gasteiger partial charge on any atom is -0.383 e. The number of urea groups is 1. The molecule has 1 atom stereocenters. The normalized spacial score (nSPS) is 18.8. The fourth-order valence-corrected chi connectivity index (χ4v) is 9.77. The molecule has 2 aromatic heterocycles. The number of carbonyl (C=O) groups excluding carboxylic acids is 6. The highest BCUT2D eigenvalue weighted by Gasteiger charge is 2.45. The summed E-state index contributed by atoms with van der Waals surface area (Å²) < 4.78 is 38.9. The highest BCUT2D eigenvalue weighted by atomic mass is 19.3. The molecule has 3 N–H and O–H groups in total. The van der Waals surface area contributed by atoms with Crippen LogP contribution in [0.25, 0.3) is 11.1 Å². The molecular formula is C45H51F2N11O7. The van der Waals surface area contributed by atoms with Gasteiger partial charge in [-0.1, -0.05) is 0 Å². The predicted octanol–water partition coefficient (Wildman–Crippen LogP) is 4.09. The Morgan fingerprint density at radius 3 is 2.46 bits per heavy atom. The summed E-state index contributed by atoms with van der Waals surface area (Å²) in [4.78, 5) is 82.9. The summed E-state index contributed by atoms with van der Waals surface area (Å²) in [6.07, 6.45) is 4.40. The first-order chi connectivity index (χ1) is 31.4. The van der Waals surface area contributed by atoms with Crippen molar-refractivity contribution in [3.8, 4) is 11.1 Å². The maximum atomic E-state index is 14.7. The van der Waals surface area contributed by atoms with Gasteiger partial charge < -0.3 is 30.1 Å². The molecule has 2 saturated heterocycles. The number of imide groups is 2. The molecule has 18 nitrogen and oxygen atoms in total. The van der Waals surface area contributed by atoms with Gasteiger partial charge in [0.2, 0.25) is 17.7 Å². The van der Waals surface area contributed by atoms with Crippen molar-refractivity contribution in [2.24, 2.45) is 7.05 Å². The van der Waals surface area contributed by atoms with E-state index in [0.717, 1.165) is 34.6 Å². The zero-order valence-electron chi connectivity index (χ0n) is 36.3. The maximum absolute atomic E-state index is 14.7. The molecular weight excluding hydrogens is 845 g/mol. The van der Waals surface area contributed by atoms with E-state index >= 15 is 0 Å². The Morgan fingerprint density at radius 1 is 0.923 bits per heavy atom. The summed E-state index contributed by atoms with van der Waals surface area (Å²) in [6.45, 7) is 3.34. The number of aromatic nitrogens is 4. The van der Waals surface area contributed by atoms with Crippen LogP contribution in [0.1, 0.15) is 94.1 Å². The average Bonchev–Trinajstić information content (AvgIpc) is 3.99. The average molecular weight is 896 g/mol. The topological polar surface area (TPSA) is 196 Å². The van der Waals surface area contributed by atoms with Crippen LogP contribution in [0.3, 0.4) is 0 Å². The van der Waals surface area contributed by atoms with Crippen LogP contribution in [-0.4, -0.2) is 129 Å². The lowest BCUT2D eigenvalue weighted by molar-refractivity contribution is -0.136. The van der Waals surface area contributed by atoms with Crippen molar-refractivity contribution in [1.82, 2.24) is 44.9 Å². The number of hydrogen-bond acceptors (Lipinski definition) is 11. The molecule has 0 aliphatic carbocycles. The number of halogens is 2. The van der Waals surface area contributed by atoms with Crippen LogP contribution >= 0.6 is 0 Å². The number of piperidine rings is 2. The Bertz CT molecular complexity index is 2570. The molecule has 5 aliphatic heterocycles. The van der Waals surface area contributed by atoms with Crippen LogP contribution in [0.5, 0.6) is 0 Å². The number of amides is 7. The molecule has 65 heavy (non-hydrogen) atoms. The molecule has 9 rings (SSSR count). The third kappa shape index (κ3) is 8.42. The maximum Gasteiger partial charge on any atom is 0.317 e. The minimum absolute atomic E-state index is 0.00240. The van der Waals surface area contributed by atoms with Gasteiger partial charge in [-0.15, -0.1) is 0 Å². The number of fused-ring (bicyclic) bond motifs is 3. The van der Waals surface area contributed by atoms with Gasteiger partial charge in [0.1, 0.15) is 6.04 Å². The minimum atomic E-state index is -2.71. The highest BCUT2D eigenvalue weighted by Crippen LogP contribution is 2.44. The number of nitrogens with one attached hydrogen (secondary N) is 3. The number of hydrogen-bond donors (Lipinski definition) is 3. The predicted molar refractivity (Wildman–Crippen MR) is 232 cm³/mol. The van der Waals surface area contributed by atoms with Crippen molar-refractivity contribution in [3.05, 3.63) is 76.2 Å². The van der Waals surface area contributed by atoms with E-state index in [4.69, 9.17) is 9.84 Å². The lowest BCUT2D eigenvalue weighted by atomic mass is 9.92. The third-order valence-corrected chi connectivity index (χ3v) is 13.1. The van der Waals surface area contributed by atoms with Gasteiger partial charge in [-0.25, -0.2) is 13.6 Å². The van der Waals surface area contributed by atoms with Crippen molar-refractivity contribution in [1.29, 1.82) is 0 Å². The Hall–Kier alpha value is -6.70. The summed E-state index contributed by atoms with van der Waals surface area (Å²) in [7, 11) is 3.36. The molecule has 0 saturated carbocycles. The molecule has 20 heteroatoms. The quantitative estimate of drug-likeness (QED) is 0.137. The molecule has 342 valence electrons. The molecule has 7 amide bonds. The Kier molecular flexibility index (Phi) is 12.1. The van der Waals surface area contributed by atoms with E-state index in [2.05, 4.69) is 25.7 Å². The molecule has 2 aromatic carbocycles. The van der Waals surface area contributed by atoms with Gasteiger partial charge in [0.05, 0.1) is 49.5 Å². The first kappa shape index (κ1) is 43.5. The zero-order valence-corrected chi connectivity index (χ0v) is 36.3. The van der Waals surface area contributed by atoms with Gasteiger partial charge in [0.15, 0.2) is 5.82 Å². The van der Waals surface area contributed by atoms with Crippen LogP contribution in [0, 0.1) is 0 Å². The molecule has 2 fully saturated rings. The van der Waals surface area contributed by atoms with E-state index in [1.54, 1.807) is 54.3 Å². The van der Waals surface area contributed by atoms with Crippen molar-refractivity contribution in [3.63, 3.8) is 0 Å². The van der Waals surface area contributed by atoms with E-state index in [9.17, 15) is 37.5 Å². The first-order valence-electron chi connectivity index (χ1n) is 22.1. The molecule has 4 aromatic rings. The number of nitrogens with zero attached hydrogens (tertiary/aromatic N) is 8. The highest BCUT2D eigenvalue weighted by molar-refractivity contribution is 6.23. The van der Waals surface area contributed by atoms with E-state index in [1.165, 1.54) is 6.07 Å². The molecule has 0 radical (unpaired) electrons. The number of rotatable bonds is 12. The molecule has 1 unspecified atom stereocenters. The van der Waals surface area contributed by atoms with E-state index in [0.29, 0.717) is 86.9 Å². The first-order valence-corrected chi connectivity index (χ1v) is 22.1. The zero-order chi connectivity index (χ0) is 45.5. The van der Waals surface area contributed by atoms with Gasteiger partial charge in [0.25, 0.3) is 18.2 Å². The smallest absolute Gasteiger partial charge is 0.317 e. The lowest BCUT2D eigenvalue weighted by Gasteiger charge is -2.34. The second-order valence-corrected chi connectivity index (χ2v) is 17.1. The summed E-state index contributed by atoms with van der Waals surface area (Å²) in [5.74, 6) is -1.60. The van der Waals surface area contributed by atoms with Crippen molar-refractivity contribution in [2.45, 2.75) is 76.4 Å². The summed E-state index contributed by atoms with van der Waals surface area (Å²) in [5, 5.41) is 17.5. The van der Waals surface area contributed by atoms with Crippen molar-refractivity contribution >= 4 is 52.8 Å². The molecule has 0 spiro atoms. The van der Waals surface area contributed by atoms with Crippen LogP contribution in [0.15, 0.2) is 42.7 Å². The standard InChI is InChI=1S/C45H51F2N11O7/c1-48-45(64)55-17-11-35-34(25-55)41(56-14-3-4-26-20-31(27-23-50-53(2)24-27)32(40(46)47)22-37(26)56)52-58(35)29-9-15-54(16-10-29)39(60)12-18-65-19-13-49-28-5-6-30-33(21-28)44(63)57(43(30)62)36-7-8-38(59)51-42(36)61/h5-6,20-24,29,36,40,49H,3-4,7-19,25H2,1-2H3,(H,48,64)(H,51,59,61). The number of carbonyl (C=O) groups is 6. The van der Waals surface area contributed by atoms with Crippen LogP contribution in [-0.2, 0) is 45.6 Å². The van der Waals surface area contributed by atoms with Gasteiger partial charge in [-0.2, -0.15) is 10.2 Å². The van der Waals surface area contributed by atoms with E-state index < -0.39 is 36.1 Å². The SMILES string of the molecule is CNC(=O)N1CCc2c(c(N3CCCc4cc(-c5cnn(C)c5)c(C(F)F)cc43)nn2C2CCN(C(=O)CCOCCNc3ccc4c(c3)C(=O)N(C3CCC(=O)NC3=O)C4=O)CC2)C1. The van der Waals surface area contributed by atoms with E-state index in [-0.39, 0.29) is 67.1 Å². The fraction of sp³-hybridized carbons (Fsp3) is 0.467. The van der Waals surface area contributed by atoms with Gasteiger partial charge in [-0.3, -0.25) is 43.6 Å². The van der Waals surface area contributed by atoms with Crippen LogP contribution in [0.4, 0.5) is 30.8 Å². The number of alkyl halides is 2. The molecule has 5 aliphatic rings. The Labute approximate surface area is 373 Å². The number of benzene rings is 2. The van der Waals surface area contributed by atoms with Crippen molar-refractivity contribution < 1.29 is 42.3 Å². The van der Waals surface area contributed by atoms with Gasteiger partial charge in [0, 0.05) is 99.6 Å². The fourth-order valence-electron chi connectivity index (χ4n) is 9.77. The van der Waals surface area contributed by atoms with Crippen LogP contribution in [0.2, 0.25) is 0 Å². The summed E-state index contributed by atoms with van der Waals surface area (Å²) >= 11 is 0. The lowest BCUT2D eigenvalue weighted by Crippen LogP contribution is -2.54. The van der Waals surface area contributed by atoms with Gasteiger partial charge >= 0.3 is 6.03 Å². The number of likely N-dealkylation sites (tertiary alicyclic amines) is 1. The number of ether oxygens (including phenoxy) is 1. The molecule has 7 heterocycles. The number of aryl methyl sites for hydroxylation is 2. The van der Waals surface area contributed by atoms with E-state index in [1.807, 2.05) is 15.9 Å². The summed E-state index contributed by atoms with van der Waals surface area (Å²) in [5.41, 5.74) is 5.56. The van der Waals surface area contributed by atoms with Crippen LogP contribution < -0.4 is 20.9 Å². The Balaban J connectivity index is 0.807. The molecule has 0 bridgehead atoms. The van der Waals surface area contributed by atoms with Crippen molar-refractivity contribution in [2.75, 3.05) is 63.2 Å². The second kappa shape index (κ2) is 18.1. The third-order valence-electron chi connectivity index (χ3n) is 13.1.